The van der Waals surface area contributed by atoms with Crippen molar-refractivity contribution in [3.05, 3.63) is 59.7 Å². The molecule has 2 amide bonds. The molecule has 0 saturated carbocycles. The van der Waals surface area contributed by atoms with E-state index in [1.165, 1.54) is 13.2 Å². The van der Waals surface area contributed by atoms with Gasteiger partial charge in [0.2, 0.25) is 11.8 Å². The van der Waals surface area contributed by atoms with Crippen molar-refractivity contribution in [2.24, 2.45) is 17.8 Å². The van der Waals surface area contributed by atoms with Gasteiger partial charge >= 0.3 is 5.97 Å². The van der Waals surface area contributed by atoms with Gasteiger partial charge < -0.3 is 14.9 Å². The number of carboxylic acid groups (broad SMARTS) is 1. The van der Waals surface area contributed by atoms with Crippen molar-refractivity contribution in [1.29, 1.82) is 0 Å². The standard InChI is InChI=1S/C25H28N2O6/c1-14(2)12-25(24(31)32)20-19(21(26-25)17-11-16(33-3)9-10-18(17)28)22(29)27(23(20)30)13-15-7-5-4-6-8-15/h4-11,14,19-21,26,28H,12-13H2,1-3H3,(H,31,32)/t19-,20+,21+,25+/m1/s1. The molecule has 8 nitrogen and oxygen atoms in total. The lowest BCUT2D eigenvalue weighted by molar-refractivity contribution is -0.152. The molecule has 33 heavy (non-hydrogen) atoms. The third-order valence-corrected chi connectivity index (χ3v) is 6.61. The molecule has 3 N–H and O–H groups in total. The second-order valence-corrected chi connectivity index (χ2v) is 9.17. The Hall–Kier alpha value is -3.39. The average molecular weight is 453 g/mol. The van der Waals surface area contributed by atoms with E-state index in [1.807, 2.05) is 44.2 Å². The van der Waals surface area contributed by atoms with E-state index >= 15 is 0 Å². The number of imide groups is 1. The van der Waals surface area contributed by atoms with Crippen LogP contribution in [0.3, 0.4) is 0 Å². The summed E-state index contributed by atoms with van der Waals surface area (Å²) in [5.74, 6) is -3.89. The van der Waals surface area contributed by atoms with Gasteiger partial charge in [0.15, 0.2) is 0 Å². The number of phenols is 1. The molecule has 8 heteroatoms. The summed E-state index contributed by atoms with van der Waals surface area (Å²) in [7, 11) is 1.48. The Bertz CT molecular complexity index is 1090. The SMILES string of the molecule is COc1ccc(O)c([C@@H]2N[C@](CC(C)C)(C(=O)O)[C@@H]3C(=O)N(Cc4ccccc4)C(=O)[C@H]32)c1. The monoisotopic (exact) mass is 452 g/mol. The Balaban J connectivity index is 1.83. The molecule has 0 aromatic heterocycles. The zero-order valence-electron chi connectivity index (χ0n) is 18.8. The second kappa shape index (κ2) is 8.51. The summed E-state index contributed by atoms with van der Waals surface area (Å²) >= 11 is 0. The minimum atomic E-state index is -1.64. The quantitative estimate of drug-likeness (QED) is 0.553. The summed E-state index contributed by atoms with van der Waals surface area (Å²) in [5.41, 5.74) is -0.534. The Labute approximate surface area is 192 Å². The molecule has 2 saturated heterocycles. The fourth-order valence-electron chi connectivity index (χ4n) is 5.28. The molecule has 2 aliphatic rings. The molecule has 4 rings (SSSR count). The number of amides is 2. The van der Waals surface area contributed by atoms with Gasteiger partial charge in [-0.2, -0.15) is 0 Å². The van der Waals surface area contributed by atoms with Crippen LogP contribution in [-0.2, 0) is 20.9 Å². The number of hydrogen-bond acceptors (Lipinski definition) is 6. The summed E-state index contributed by atoms with van der Waals surface area (Å²) in [6.45, 7) is 3.82. The third-order valence-electron chi connectivity index (χ3n) is 6.61. The number of likely N-dealkylation sites (tertiary alicyclic amines) is 1. The predicted octanol–water partition coefficient (Wildman–Crippen LogP) is 2.72. The maximum Gasteiger partial charge on any atom is 0.324 e. The Kier molecular flexibility index (Phi) is 5.88. The van der Waals surface area contributed by atoms with Crippen LogP contribution in [0.2, 0.25) is 0 Å². The maximum atomic E-state index is 13.6. The number of carbonyl (C=O) groups is 3. The fourth-order valence-corrected chi connectivity index (χ4v) is 5.28. The topological polar surface area (TPSA) is 116 Å². The first-order valence-electron chi connectivity index (χ1n) is 11.0. The van der Waals surface area contributed by atoms with Gasteiger partial charge in [0.05, 0.1) is 25.5 Å². The molecule has 0 bridgehead atoms. The number of rotatable bonds is 7. The fraction of sp³-hybridized carbons (Fsp3) is 0.400. The zero-order valence-corrected chi connectivity index (χ0v) is 18.8. The molecule has 2 heterocycles. The highest BCUT2D eigenvalue weighted by Crippen LogP contribution is 2.52. The van der Waals surface area contributed by atoms with Gasteiger partial charge in [-0.1, -0.05) is 44.2 Å². The number of carbonyl (C=O) groups excluding carboxylic acids is 2. The number of phenolic OH excluding ortho intramolecular Hbond substituents is 1. The number of nitrogens with one attached hydrogen (secondary N) is 1. The molecule has 2 fully saturated rings. The molecular weight excluding hydrogens is 424 g/mol. The number of aliphatic carboxylic acids is 1. The first-order chi connectivity index (χ1) is 15.7. The van der Waals surface area contributed by atoms with Crippen molar-refractivity contribution >= 4 is 17.8 Å². The van der Waals surface area contributed by atoms with Crippen molar-refractivity contribution in [2.75, 3.05) is 7.11 Å². The van der Waals surface area contributed by atoms with Gasteiger partial charge in [-0.05, 0) is 36.1 Å². The number of aromatic hydroxyl groups is 1. The van der Waals surface area contributed by atoms with Gasteiger partial charge in [0.25, 0.3) is 0 Å². The Morgan fingerprint density at radius 2 is 1.85 bits per heavy atom. The second-order valence-electron chi connectivity index (χ2n) is 9.17. The van der Waals surface area contributed by atoms with Crippen molar-refractivity contribution in [3.8, 4) is 11.5 Å². The molecule has 0 spiro atoms. The summed E-state index contributed by atoms with van der Waals surface area (Å²) < 4.78 is 5.28. The van der Waals surface area contributed by atoms with Crippen LogP contribution < -0.4 is 10.1 Å². The highest BCUT2D eigenvalue weighted by molar-refractivity contribution is 6.09. The van der Waals surface area contributed by atoms with Gasteiger partial charge in [-0.3, -0.25) is 24.6 Å². The molecule has 2 aliphatic heterocycles. The van der Waals surface area contributed by atoms with Crippen molar-refractivity contribution in [1.82, 2.24) is 10.2 Å². The van der Waals surface area contributed by atoms with Crippen LogP contribution in [0, 0.1) is 17.8 Å². The van der Waals surface area contributed by atoms with E-state index in [0.29, 0.717) is 11.3 Å². The number of fused-ring (bicyclic) bond motifs is 1. The third kappa shape index (κ3) is 3.74. The van der Waals surface area contributed by atoms with Crippen molar-refractivity contribution in [2.45, 2.75) is 38.4 Å². The van der Waals surface area contributed by atoms with Gasteiger partial charge in [0.1, 0.15) is 17.0 Å². The summed E-state index contributed by atoms with van der Waals surface area (Å²) in [5, 5.41) is 24.1. The van der Waals surface area contributed by atoms with Crippen LogP contribution in [0.25, 0.3) is 0 Å². The normalized spacial score (nSPS) is 26.7. The van der Waals surface area contributed by atoms with Crippen LogP contribution in [-0.4, -0.2) is 45.5 Å². The smallest absolute Gasteiger partial charge is 0.324 e. The number of methoxy groups -OCH3 is 1. The maximum absolute atomic E-state index is 13.6. The minimum absolute atomic E-state index is 0.0574. The number of hydrogen-bond donors (Lipinski definition) is 3. The van der Waals surface area contributed by atoms with E-state index in [2.05, 4.69) is 5.32 Å². The lowest BCUT2D eigenvalue weighted by atomic mass is 9.75. The molecule has 174 valence electrons. The highest BCUT2D eigenvalue weighted by Gasteiger charge is 2.68. The molecule has 4 atom stereocenters. The first-order valence-corrected chi connectivity index (χ1v) is 11.0. The van der Waals surface area contributed by atoms with Gasteiger partial charge in [0, 0.05) is 11.6 Å². The average Bonchev–Trinajstić information content (AvgIpc) is 3.24. The summed E-state index contributed by atoms with van der Waals surface area (Å²) in [4.78, 5) is 41.0. The van der Waals surface area contributed by atoms with E-state index < -0.39 is 41.2 Å². The lowest BCUT2D eigenvalue weighted by Gasteiger charge is -2.32. The largest absolute Gasteiger partial charge is 0.508 e. The van der Waals surface area contributed by atoms with Crippen molar-refractivity contribution < 1.29 is 29.3 Å². The predicted molar refractivity (Wildman–Crippen MR) is 119 cm³/mol. The summed E-state index contributed by atoms with van der Waals surface area (Å²) in [6.07, 6.45) is 0.156. The van der Waals surface area contributed by atoms with E-state index in [9.17, 15) is 24.6 Å². The number of nitrogens with zero attached hydrogens (tertiary/aromatic N) is 1. The number of ether oxygens (including phenoxy) is 1. The Morgan fingerprint density at radius 3 is 2.45 bits per heavy atom. The van der Waals surface area contributed by atoms with E-state index in [-0.39, 0.29) is 24.6 Å². The molecular formula is C25H28N2O6. The summed E-state index contributed by atoms with van der Waals surface area (Å²) in [6, 6.07) is 12.8. The van der Waals surface area contributed by atoms with Gasteiger partial charge in [-0.15, -0.1) is 0 Å². The van der Waals surface area contributed by atoms with Crippen LogP contribution in [0.4, 0.5) is 0 Å². The van der Waals surface area contributed by atoms with Crippen LogP contribution >= 0.6 is 0 Å². The highest BCUT2D eigenvalue weighted by atomic mass is 16.5. The zero-order chi connectivity index (χ0) is 23.9. The van der Waals surface area contributed by atoms with E-state index in [4.69, 9.17) is 4.74 Å². The molecule has 2 aromatic rings. The van der Waals surface area contributed by atoms with Crippen LogP contribution in [0.1, 0.15) is 37.4 Å². The molecule has 0 radical (unpaired) electrons. The first kappa shape index (κ1) is 22.8. The lowest BCUT2D eigenvalue weighted by Crippen LogP contribution is -2.56. The Morgan fingerprint density at radius 1 is 1.15 bits per heavy atom. The van der Waals surface area contributed by atoms with Crippen LogP contribution in [0.15, 0.2) is 48.5 Å². The van der Waals surface area contributed by atoms with Crippen LogP contribution in [0.5, 0.6) is 11.5 Å². The van der Waals surface area contributed by atoms with E-state index in [1.54, 1.807) is 12.1 Å². The van der Waals surface area contributed by atoms with Crippen molar-refractivity contribution in [3.63, 3.8) is 0 Å². The van der Waals surface area contributed by atoms with E-state index in [0.717, 1.165) is 10.5 Å². The molecule has 0 unspecified atom stereocenters. The molecule has 2 aromatic carbocycles. The van der Waals surface area contributed by atoms with Gasteiger partial charge in [-0.25, -0.2) is 0 Å². The number of benzene rings is 2. The molecule has 0 aliphatic carbocycles. The number of carboxylic acids is 1. The minimum Gasteiger partial charge on any atom is -0.508 e.